The summed E-state index contributed by atoms with van der Waals surface area (Å²) in [5, 5.41) is 21.5. The Bertz CT molecular complexity index is 19.7. The van der Waals surface area contributed by atoms with Crippen LogP contribution in [-0.2, 0) is 0 Å². The molecule has 0 aromatic carbocycles. The first kappa shape index (κ1) is 15.7. The Morgan fingerprint density at radius 1 is 1.17 bits per heavy atom. The molecule has 0 atom stereocenters. The van der Waals surface area contributed by atoms with Crippen molar-refractivity contribution in [2.24, 2.45) is 0 Å². The first-order chi connectivity index (χ1) is 1.73. The molecule has 0 bridgehead atoms. The normalized spacial score (nSPS) is 4.50. The molecule has 0 spiro atoms. The Hall–Kier alpha value is 1.87. The molecule has 0 aromatic heterocycles. The fourth-order valence-electron chi connectivity index (χ4n) is 0. The number of halogens is 1. The van der Waals surface area contributed by atoms with Crippen molar-refractivity contribution in [2.75, 3.05) is 0 Å². The third kappa shape index (κ3) is 39.8. The van der Waals surface area contributed by atoms with Gasteiger partial charge in [0.15, 0.2) is 0 Å². The van der Waals surface area contributed by atoms with Crippen molar-refractivity contribution in [3.8, 4) is 0 Å². The SMILES string of the molecule is Cl.OB(O)O.[H-].[K+]. The Balaban J connectivity index is -0.0000000150. The molecule has 0 saturated heterocycles. The molecule has 6 heavy (non-hydrogen) atoms. The summed E-state index contributed by atoms with van der Waals surface area (Å²) >= 11 is 0. The van der Waals surface area contributed by atoms with Gasteiger partial charge in [0, 0.05) is 0 Å². The number of hydrogen-bond donors (Lipinski definition) is 3. The first-order valence-corrected chi connectivity index (χ1v) is 0.775. The molecule has 0 aliphatic rings. The van der Waals surface area contributed by atoms with E-state index in [4.69, 9.17) is 15.1 Å². The van der Waals surface area contributed by atoms with E-state index in [0.29, 0.717) is 0 Å². The van der Waals surface area contributed by atoms with Crippen LogP contribution >= 0.6 is 12.4 Å². The minimum atomic E-state index is -2.17. The number of hydrogen-bond acceptors (Lipinski definition) is 3. The minimum Gasteiger partial charge on any atom is -1.00 e. The Kier molecular flexibility index (Phi) is 26.1. The summed E-state index contributed by atoms with van der Waals surface area (Å²) in [6, 6.07) is 0. The third-order valence-electron chi connectivity index (χ3n) is 0. The Morgan fingerprint density at radius 2 is 1.17 bits per heavy atom. The largest absolute Gasteiger partial charge is 1.00 e. The third-order valence-corrected chi connectivity index (χ3v) is 0. The van der Waals surface area contributed by atoms with Gasteiger partial charge in [-0.15, -0.1) is 12.4 Å². The monoisotopic (exact) mass is 138 g/mol. The van der Waals surface area contributed by atoms with Gasteiger partial charge in [-0.2, -0.15) is 0 Å². The second-order valence-electron chi connectivity index (χ2n) is 0.346. The van der Waals surface area contributed by atoms with E-state index in [9.17, 15) is 0 Å². The molecule has 0 aromatic rings. The van der Waals surface area contributed by atoms with Gasteiger partial charge in [-0.05, 0) is 0 Å². The molecule has 0 unspecified atom stereocenters. The van der Waals surface area contributed by atoms with Gasteiger partial charge in [0.1, 0.15) is 0 Å². The molecular weight excluding hydrogens is 133 g/mol. The predicted molar refractivity (Wildman–Crippen MR) is 20.8 cm³/mol. The van der Waals surface area contributed by atoms with Crippen molar-refractivity contribution >= 4 is 19.7 Å². The summed E-state index contributed by atoms with van der Waals surface area (Å²) in [6.07, 6.45) is 0. The van der Waals surface area contributed by atoms with E-state index in [1.54, 1.807) is 0 Å². The molecule has 3 N–H and O–H groups in total. The zero-order valence-corrected chi connectivity index (χ0v) is 7.27. The van der Waals surface area contributed by atoms with Crippen LogP contribution in [0.2, 0.25) is 0 Å². The topological polar surface area (TPSA) is 60.7 Å². The van der Waals surface area contributed by atoms with Crippen LogP contribution in [0.15, 0.2) is 0 Å². The molecular formula is H5BClKO3. The molecule has 0 aliphatic carbocycles. The molecule has 0 aliphatic heterocycles. The van der Waals surface area contributed by atoms with Crippen LogP contribution in [-0.4, -0.2) is 22.4 Å². The molecule has 34 valence electrons. The molecule has 0 radical (unpaired) electrons. The van der Waals surface area contributed by atoms with Crippen LogP contribution in [0.5, 0.6) is 0 Å². The predicted octanol–water partition coefficient (Wildman–Crippen LogP) is -4.51. The van der Waals surface area contributed by atoms with Crippen molar-refractivity contribution in [2.45, 2.75) is 0 Å². The van der Waals surface area contributed by atoms with Gasteiger partial charge < -0.3 is 16.5 Å². The van der Waals surface area contributed by atoms with E-state index < -0.39 is 7.32 Å². The smallest absolute Gasteiger partial charge is 1.00 e. The molecule has 0 amide bonds. The van der Waals surface area contributed by atoms with E-state index in [2.05, 4.69) is 0 Å². The van der Waals surface area contributed by atoms with Gasteiger partial charge in [0.05, 0.1) is 0 Å². The zero-order chi connectivity index (χ0) is 3.58. The zero-order valence-electron chi connectivity index (χ0n) is 4.33. The summed E-state index contributed by atoms with van der Waals surface area (Å²) in [7, 11) is -2.17. The second kappa shape index (κ2) is 9.98. The summed E-state index contributed by atoms with van der Waals surface area (Å²) in [5.74, 6) is 0. The number of rotatable bonds is 0. The van der Waals surface area contributed by atoms with Gasteiger partial charge in [0.25, 0.3) is 0 Å². The van der Waals surface area contributed by atoms with Crippen LogP contribution < -0.4 is 51.4 Å². The maximum atomic E-state index is 7.17. The summed E-state index contributed by atoms with van der Waals surface area (Å²) in [4.78, 5) is 0. The standard InChI is InChI=1S/BH3O3.ClH.K.H/c2-1(3)4;;;/h2-4H;1H;;/q;;+1;-1. The maximum Gasteiger partial charge on any atom is 1.00 e. The van der Waals surface area contributed by atoms with E-state index in [1.165, 1.54) is 0 Å². The van der Waals surface area contributed by atoms with Crippen LogP contribution in [0.3, 0.4) is 0 Å². The van der Waals surface area contributed by atoms with E-state index in [0.717, 1.165) is 0 Å². The fraction of sp³-hybridized carbons (Fsp3) is 0. The van der Waals surface area contributed by atoms with Gasteiger partial charge >= 0.3 is 58.7 Å². The van der Waals surface area contributed by atoms with Gasteiger partial charge in [0.2, 0.25) is 0 Å². The molecule has 0 fully saturated rings. The van der Waals surface area contributed by atoms with Crippen molar-refractivity contribution in [1.29, 1.82) is 0 Å². The van der Waals surface area contributed by atoms with Gasteiger partial charge in [-0.1, -0.05) is 0 Å². The van der Waals surface area contributed by atoms with Crippen molar-refractivity contribution in [3.63, 3.8) is 0 Å². The second-order valence-corrected chi connectivity index (χ2v) is 0.346. The summed E-state index contributed by atoms with van der Waals surface area (Å²) in [5.41, 5.74) is 0. The molecule has 6 heteroatoms. The first-order valence-electron chi connectivity index (χ1n) is 0.775. The van der Waals surface area contributed by atoms with Crippen molar-refractivity contribution in [1.82, 2.24) is 0 Å². The Labute approximate surface area is 86.2 Å². The Morgan fingerprint density at radius 3 is 1.17 bits per heavy atom. The summed E-state index contributed by atoms with van der Waals surface area (Å²) in [6.45, 7) is 0. The average Bonchev–Trinajstić information content (AvgIpc) is 0.811. The minimum absolute atomic E-state index is 0. The molecule has 0 heterocycles. The van der Waals surface area contributed by atoms with Crippen LogP contribution in [0, 0.1) is 0 Å². The van der Waals surface area contributed by atoms with E-state index >= 15 is 0 Å². The van der Waals surface area contributed by atoms with Crippen molar-refractivity contribution < 1.29 is 67.9 Å². The maximum absolute atomic E-state index is 7.17. The molecule has 0 rings (SSSR count). The molecule has 0 saturated carbocycles. The average molecular weight is 138 g/mol. The van der Waals surface area contributed by atoms with E-state index in [1.807, 2.05) is 0 Å². The summed E-state index contributed by atoms with van der Waals surface area (Å²) < 4.78 is 0. The quantitative estimate of drug-likeness (QED) is 0.296. The van der Waals surface area contributed by atoms with Crippen molar-refractivity contribution in [3.05, 3.63) is 0 Å². The van der Waals surface area contributed by atoms with Crippen LogP contribution in [0.4, 0.5) is 0 Å². The molecule has 3 nitrogen and oxygen atoms in total. The van der Waals surface area contributed by atoms with Gasteiger partial charge in [-0.25, -0.2) is 0 Å². The van der Waals surface area contributed by atoms with E-state index in [-0.39, 0.29) is 65.2 Å². The van der Waals surface area contributed by atoms with Crippen LogP contribution in [0.25, 0.3) is 0 Å². The fourth-order valence-corrected chi connectivity index (χ4v) is 0. The van der Waals surface area contributed by atoms with Crippen LogP contribution in [0.1, 0.15) is 1.43 Å². The van der Waals surface area contributed by atoms with Gasteiger partial charge in [-0.3, -0.25) is 0 Å².